The van der Waals surface area contributed by atoms with Crippen LogP contribution in [-0.4, -0.2) is 17.0 Å². The van der Waals surface area contributed by atoms with E-state index in [1.165, 1.54) is 18.2 Å². The van der Waals surface area contributed by atoms with E-state index in [1.807, 2.05) is 0 Å². The normalized spacial score (nSPS) is 14.2. The second kappa shape index (κ2) is 4.70. The monoisotopic (exact) mass is 299 g/mol. The number of nitro benzene ring substituents is 1. The molecule has 1 saturated carbocycles. The van der Waals surface area contributed by atoms with Crippen LogP contribution in [0.15, 0.2) is 22.7 Å². The van der Waals surface area contributed by atoms with Crippen molar-refractivity contribution in [2.24, 2.45) is 0 Å². The lowest BCUT2D eigenvalue weighted by atomic mass is 10.3. The number of non-ortho nitro benzene ring substituents is 1. The first-order valence-electron chi connectivity index (χ1n) is 5.08. The molecule has 2 N–H and O–H groups in total. The Labute approximate surface area is 106 Å². The van der Waals surface area contributed by atoms with Crippen molar-refractivity contribution >= 4 is 33.3 Å². The number of nitrogens with one attached hydrogen (secondary N) is 2. The van der Waals surface area contributed by atoms with Gasteiger partial charge in [0.15, 0.2) is 0 Å². The minimum Gasteiger partial charge on any atom is -0.335 e. The molecule has 0 aromatic heterocycles. The summed E-state index contributed by atoms with van der Waals surface area (Å²) in [6.45, 7) is 0. The van der Waals surface area contributed by atoms with Crippen LogP contribution in [0.1, 0.15) is 12.8 Å². The Balaban J connectivity index is 2.09. The maximum atomic E-state index is 11.5. The quantitative estimate of drug-likeness (QED) is 0.665. The minimum absolute atomic E-state index is 0.0603. The van der Waals surface area contributed by atoms with Gasteiger partial charge in [-0.05, 0) is 34.8 Å². The van der Waals surface area contributed by atoms with Crippen LogP contribution < -0.4 is 10.6 Å². The van der Waals surface area contributed by atoms with Crippen LogP contribution in [0.5, 0.6) is 0 Å². The fourth-order valence-corrected chi connectivity index (χ4v) is 1.64. The lowest BCUT2D eigenvalue weighted by Gasteiger charge is -2.08. The highest BCUT2D eigenvalue weighted by atomic mass is 79.9. The zero-order chi connectivity index (χ0) is 12.4. The summed E-state index contributed by atoms with van der Waals surface area (Å²) >= 11 is 3.22. The zero-order valence-corrected chi connectivity index (χ0v) is 10.4. The van der Waals surface area contributed by atoms with Crippen molar-refractivity contribution in [1.29, 1.82) is 0 Å². The molecule has 7 heteroatoms. The number of halogens is 1. The van der Waals surface area contributed by atoms with Crippen molar-refractivity contribution < 1.29 is 9.72 Å². The smallest absolute Gasteiger partial charge is 0.319 e. The minimum atomic E-state index is -0.504. The molecule has 0 unspecified atom stereocenters. The number of amides is 2. The van der Waals surface area contributed by atoms with Crippen molar-refractivity contribution in [3.05, 3.63) is 32.8 Å². The molecule has 2 amide bonds. The van der Waals surface area contributed by atoms with Gasteiger partial charge in [0.25, 0.3) is 5.69 Å². The van der Waals surface area contributed by atoms with E-state index in [0.717, 1.165) is 12.8 Å². The Bertz CT molecular complexity index is 474. The van der Waals surface area contributed by atoms with Crippen LogP contribution in [0.25, 0.3) is 0 Å². The van der Waals surface area contributed by atoms with Crippen LogP contribution in [0.2, 0.25) is 0 Å². The summed E-state index contributed by atoms with van der Waals surface area (Å²) in [5, 5.41) is 15.9. The van der Waals surface area contributed by atoms with Gasteiger partial charge < -0.3 is 10.6 Å². The van der Waals surface area contributed by atoms with Crippen LogP contribution in [0.4, 0.5) is 16.2 Å². The van der Waals surface area contributed by atoms with Gasteiger partial charge >= 0.3 is 6.03 Å². The van der Waals surface area contributed by atoms with Crippen molar-refractivity contribution in [1.82, 2.24) is 5.32 Å². The predicted molar refractivity (Wildman–Crippen MR) is 66.0 cm³/mol. The number of rotatable bonds is 3. The van der Waals surface area contributed by atoms with E-state index >= 15 is 0 Å². The zero-order valence-electron chi connectivity index (χ0n) is 8.77. The van der Waals surface area contributed by atoms with Gasteiger partial charge in [-0.1, -0.05) is 0 Å². The molecule has 0 spiro atoms. The van der Waals surface area contributed by atoms with E-state index in [1.54, 1.807) is 0 Å². The first-order chi connectivity index (χ1) is 8.06. The number of nitrogens with zero attached hydrogens (tertiary/aromatic N) is 1. The lowest BCUT2D eigenvalue weighted by molar-refractivity contribution is -0.384. The molecule has 1 fully saturated rings. The molecule has 0 aliphatic heterocycles. The Morgan fingerprint density at radius 1 is 1.47 bits per heavy atom. The van der Waals surface area contributed by atoms with E-state index in [-0.39, 0.29) is 17.8 Å². The highest BCUT2D eigenvalue weighted by Crippen LogP contribution is 2.27. The third-order valence-electron chi connectivity index (χ3n) is 2.32. The van der Waals surface area contributed by atoms with Crippen molar-refractivity contribution in [3.63, 3.8) is 0 Å². The summed E-state index contributed by atoms with van der Waals surface area (Å²) in [5.41, 5.74) is 0.326. The molecule has 0 saturated heterocycles. The maximum Gasteiger partial charge on any atom is 0.319 e. The molecule has 1 aliphatic rings. The maximum absolute atomic E-state index is 11.5. The topological polar surface area (TPSA) is 84.3 Å². The number of urea groups is 1. The molecule has 6 nitrogen and oxygen atoms in total. The first kappa shape index (κ1) is 11.8. The molecule has 1 aromatic carbocycles. The van der Waals surface area contributed by atoms with E-state index in [0.29, 0.717) is 10.2 Å². The van der Waals surface area contributed by atoms with Crippen LogP contribution in [-0.2, 0) is 0 Å². The molecule has 0 bridgehead atoms. The van der Waals surface area contributed by atoms with Gasteiger partial charge in [-0.3, -0.25) is 10.1 Å². The average Bonchev–Trinajstić information content (AvgIpc) is 3.04. The van der Waals surface area contributed by atoms with Gasteiger partial charge in [0.05, 0.1) is 10.6 Å². The summed E-state index contributed by atoms with van der Waals surface area (Å²) < 4.78 is 0.606. The number of carbonyl (C=O) groups is 1. The molecule has 90 valence electrons. The fourth-order valence-electron chi connectivity index (χ4n) is 1.29. The highest BCUT2D eigenvalue weighted by molar-refractivity contribution is 9.10. The predicted octanol–water partition coefficient (Wildman–Crippen LogP) is 2.64. The lowest BCUT2D eigenvalue weighted by Crippen LogP contribution is -2.30. The first-order valence-corrected chi connectivity index (χ1v) is 5.87. The van der Waals surface area contributed by atoms with Crippen molar-refractivity contribution in [2.45, 2.75) is 18.9 Å². The third-order valence-corrected chi connectivity index (χ3v) is 3.01. The molecule has 1 aromatic rings. The molecular weight excluding hydrogens is 290 g/mol. The number of anilines is 1. The largest absolute Gasteiger partial charge is 0.335 e. The van der Waals surface area contributed by atoms with Crippen molar-refractivity contribution in [3.8, 4) is 0 Å². The second-order valence-corrected chi connectivity index (χ2v) is 4.65. The van der Waals surface area contributed by atoms with Gasteiger partial charge in [0.1, 0.15) is 0 Å². The Hall–Kier alpha value is -1.63. The van der Waals surface area contributed by atoms with E-state index in [2.05, 4.69) is 26.6 Å². The molecule has 1 aliphatic carbocycles. The number of benzene rings is 1. The fraction of sp³-hybridized carbons (Fsp3) is 0.300. The summed E-state index contributed by atoms with van der Waals surface area (Å²) in [6, 6.07) is 4.12. The molecule has 0 atom stereocenters. The second-order valence-electron chi connectivity index (χ2n) is 3.79. The van der Waals surface area contributed by atoms with Gasteiger partial charge in [-0.2, -0.15) is 0 Å². The van der Waals surface area contributed by atoms with Crippen LogP contribution in [0, 0.1) is 10.1 Å². The molecule has 0 heterocycles. The summed E-state index contributed by atoms with van der Waals surface area (Å²) in [5.74, 6) is 0. The molecule has 0 radical (unpaired) electrons. The molecule has 2 rings (SSSR count). The molecular formula is C10H10BrN3O3. The van der Waals surface area contributed by atoms with Crippen LogP contribution >= 0.6 is 15.9 Å². The molecule has 17 heavy (non-hydrogen) atoms. The van der Waals surface area contributed by atoms with Gasteiger partial charge in [0, 0.05) is 22.6 Å². The highest BCUT2D eigenvalue weighted by Gasteiger charge is 2.23. The van der Waals surface area contributed by atoms with E-state index < -0.39 is 4.92 Å². The van der Waals surface area contributed by atoms with Gasteiger partial charge in [-0.25, -0.2) is 4.79 Å². The number of carbonyl (C=O) groups excluding carboxylic acids is 1. The number of hydrogen-bond donors (Lipinski definition) is 2. The van der Waals surface area contributed by atoms with E-state index in [9.17, 15) is 14.9 Å². The van der Waals surface area contributed by atoms with Gasteiger partial charge in [0.2, 0.25) is 0 Å². The number of hydrogen-bond acceptors (Lipinski definition) is 3. The van der Waals surface area contributed by atoms with E-state index in [4.69, 9.17) is 0 Å². The Kier molecular flexibility index (Phi) is 3.28. The Morgan fingerprint density at radius 3 is 2.76 bits per heavy atom. The Morgan fingerprint density at radius 2 is 2.18 bits per heavy atom. The van der Waals surface area contributed by atoms with Crippen LogP contribution in [0.3, 0.4) is 0 Å². The SMILES string of the molecule is O=C(Nc1cc([N+](=O)[O-])ccc1Br)NC1CC1. The van der Waals surface area contributed by atoms with Crippen molar-refractivity contribution in [2.75, 3.05) is 5.32 Å². The summed E-state index contributed by atoms with van der Waals surface area (Å²) in [7, 11) is 0. The number of nitro groups is 1. The third kappa shape index (κ3) is 3.16. The van der Waals surface area contributed by atoms with Gasteiger partial charge in [-0.15, -0.1) is 0 Å². The standard InChI is InChI=1S/C10H10BrN3O3/c11-8-4-3-7(14(16)17)5-9(8)13-10(15)12-6-1-2-6/h3-6H,1-2H2,(H2,12,13,15). The average molecular weight is 300 g/mol. The summed E-state index contributed by atoms with van der Waals surface area (Å²) in [4.78, 5) is 21.6. The summed E-state index contributed by atoms with van der Waals surface area (Å²) in [6.07, 6.45) is 1.98.